The first-order valence-electron chi connectivity index (χ1n) is 4.61. The van der Waals surface area contributed by atoms with Gasteiger partial charge in [0.05, 0.1) is 0 Å². The molecule has 0 spiro atoms. The van der Waals surface area contributed by atoms with Crippen molar-refractivity contribution in [3.05, 3.63) is 11.8 Å². The number of aliphatic hydroxyl groups is 1. The second-order valence-corrected chi connectivity index (χ2v) is 3.58. The number of rotatable bonds is 5. The van der Waals surface area contributed by atoms with Crippen LogP contribution >= 0.6 is 0 Å². The molecule has 0 aromatic heterocycles. The SMILES string of the molecule is CC[C@@H](C)CC(C)C=C(O)C(=O)O. The molecule has 3 nitrogen and oxygen atoms in total. The van der Waals surface area contributed by atoms with Crippen molar-refractivity contribution in [1.82, 2.24) is 0 Å². The molecule has 2 N–H and O–H groups in total. The predicted octanol–water partition coefficient (Wildman–Crippen LogP) is 2.59. The number of carbonyl (C=O) groups is 1. The summed E-state index contributed by atoms with van der Waals surface area (Å²) >= 11 is 0. The molecule has 0 amide bonds. The van der Waals surface area contributed by atoms with E-state index in [0.29, 0.717) is 5.92 Å². The van der Waals surface area contributed by atoms with Crippen molar-refractivity contribution in [1.29, 1.82) is 0 Å². The minimum absolute atomic E-state index is 0.117. The second kappa shape index (κ2) is 5.62. The van der Waals surface area contributed by atoms with Gasteiger partial charge >= 0.3 is 5.97 Å². The molecule has 2 atom stereocenters. The van der Waals surface area contributed by atoms with Gasteiger partial charge in [0.15, 0.2) is 5.76 Å². The minimum Gasteiger partial charge on any atom is -0.502 e. The van der Waals surface area contributed by atoms with Gasteiger partial charge in [-0.15, -0.1) is 0 Å². The Morgan fingerprint density at radius 2 is 1.92 bits per heavy atom. The van der Waals surface area contributed by atoms with E-state index in [0.717, 1.165) is 12.8 Å². The average molecular weight is 186 g/mol. The smallest absolute Gasteiger partial charge is 0.370 e. The Bertz CT molecular complexity index is 196. The Balaban J connectivity index is 4.06. The summed E-state index contributed by atoms with van der Waals surface area (Å²) in [5.41, 5.74) is 0. The topological polar surface area (TPSA) is 57.5 Å². The maximum Gasteiger partial charge on any atom is 0.370 e. The lowest BCUT2D eigenvalue weighted by molar-refractivity contribution is -0.135. The van der Waals surface area contributed by atoms with Crippen molar-refractivity contribution in [2.75, 3.05) is 0 Å². The van der Waals surface area contributed by atoms with E-state index >= 15 is 0 Å². The molecule has 0 rings (SSSR count). The molecule has 0 heterocycles. The van der Waals surface area contributed by atoms with Crippen LogP contribution in [0.1, 0.15) is 33.6 Å². The number of carboxylic acid groups (broad SMARTS) is 1. The van der Waals surface area contributed by atoms with Gasteiger partial charge in [-0.2, -0.15) is 0 Å². The molecular weight excluding hydrogens is 168 g/mol. The van der Waals surface area contributed by atoms with Gasteiger partial charge in [0, 0.05) is 0 Å². The summed E-state index contributed by atoms with van der Waals surface area (Å²) in [6.07, 6.45) is 3.38. The van der Waals surface area contributed by atoms with Gasteiger partial charge in [-0.05, 0) is 24.3 Å². The standard InChI is InChI=1S/C10H18O3/c1-4-7(2)5-8(3)6-9(11)10(12)13/h6-8,11H,4-5H2,1-3H3,(H,12,13)/t7-,8?/m1/s1. The normalized spacial score (nSPS) is 16.7. The molecule has 1 unspecified atom stereocenters. The van der Waals surface area contributed by atoms with Crippen molar-refractivity contribution in [2.24, 2.45) is 11.8 Å². The van der Waals surface area contributed by atoms with E-state index in [4.69, 9.17) is 10.2 Å². The van der Waals surface area contributed by atoms with Gasteiger partial charge in [0.2, 0.25) is 0 Å². The van der Waals surface area contributed by atoms with Gasteiger partial charge in [-0.25, -0.2) is 4.79 Å². The molecule has 0 saturated heterocycles. The van der Waals surface area contributed by atoms with Crippen molar-refractivity contribution >= 4 is 5.97 Å². The summed E-state index contributed by atoms with van der Waals surface area (Å²) in [4.78, 5) is 10.3. The van der Waals surface area contributed by atoms with Crippen LogP contribution in [0.15, 0.2) is 11.8 Å². The number of hydrogen-bond acceptors (Lipinski definition) is 2. The molecule has 0 saturated carbocycles. The third kappa shape index (κ3) is 5.28. The molecular formula is C10H18O3. The molecule has 0 fully saturated rings. The summed E-state index contributed by atoms with van der Waals surface area (Å²) in [6.45, 7) is 6.12. The number of carboxylic acids is 1. The van der Waals surface area contributed by atoms with Gasteiger partial charge in [-0.1, -0.05) is 27.2 Å². The molecule has 0 aromatic carbocycles. The number of hydrogen-bond donors (Lipinski definition) is 2. The van der Waals surface area contributed by atoms with Gasteiger partial charge in [0.1, 0.15) is 0 Å². The highest BCUT2D eigenvalue weighted by molar-refractivity contribution is 5.83. The molecule has 76 valence electrons. The fourth-order valence-corrected chi connectivity index (χ4v) is 1.21. The predicted molar refractivity (Wildman–Crippen MR) is 51.6 cm³/mol. The summed E-state index contributed by atoms with van der Waals surface area (Å²) in [5.74, 6) is -1.12. The van der Waals surface area contributed by atoms with Crippen molar-refractivity contribution in [3.8, 4) is 0 Å². The van der Waals surface area contributed by atoms with Gasteiger partial charge in [-0.3, -0.25) is 0 Å². The molecule has 0 bridgehead atoms. The van der Waals surface area contributed by atoms with Crippen LogP contribution in [-0.4, -0.2) is 16.2 Å². The van der Waals surface area contributed by atoms with E-state index in [-0.39, 0.29) is 5.92 Å². The second-order valence-electron chi connectivity index (χ2n) is 3.58. The Kier molecular flexibility index (Phi) is 5.19. The molecule has 3 heteroatoms. The van der Waals surface area contributed by atoms with Crippen LogP contribution in [0.2, 0.25) is 0 Å². The first-order valence-corrected chi connectivity index (χ1v) is 4.61. The molecule has 0 radical (unpaired) electrons. The zero-order chi connectivity index (χ0) is 10.4. The number of allylic oxidation sites excluding steroid dienone is 1. The van der Waals surface area contributed by atoms with Crippen molar-refractivity contribution < 1.29 is 15.0 Å². The average Bonchev–Trinajstić information content (AvgIpc) is 2.03. The van der Waals surface area contributed by atoms with Crippen LogP contribution in [0.25, 0.3) is 0 Å². The molecule has 0 aromatic rings. The summed E-state index contributed by atoms with van der Waals surface area (Å²) in [6, 6.07) is 0. The fourth-order valence-electron chi connectivity index (χ4n) is 1.21. The van der Waals surface area contributed by atoms with E-state index in [1.165, 1.54) is 6.08 Å². The zero-order valence-electron chi connectivity index (χ0n) is 8.45. The number of aliphatic carboxylic acids is 1. The Labute approximate surface area is 79.1 Å². The van der Waals surface area contributed by atoms with Crippen LogP contribution in [0.4, 0.5) is 0 Å². The highest BCUT2D eigenvalue weighted by atomic mass is 16.4. The van der Waals surface area contributed by atoms with Gasteiger partial charge < -0.3 is 10.2 Å². The summed E-state index contributed by atoms with van der Waals surface area (Å²) < 4.78 is 0. The van der Waals surface area contributed by atoms with Gasteiger partial charge in [0.25, 0.3) is 0 Å². The van der Waals surface area contributed by atoms with Crippen LogP contribution in [0, 0.1) is 11.8 Å². The Hall–Kier alpha value is -0.990. The highest BCUT2D eigenvalue weighted by Crippen LogP contribution is 2.16. The van der Waals surface area contributed by atoms with Crippen molar-refractivity contribution in [2.45, 2.75) is 33.6 Å². The van der Waals surface area contributed by atoms with E-state index in [2.05, 4.69) is 13.8 Å². The fraction of sp³-hybridized carbons (Fsp3) is 0.700. The third-order valence-electron chi connectivity index (χ3n) is 2.13. The lowest BCUT2D eigenvalue weighted by atomic mass is 9.95. The lowest BCUT2D eigenvalue weighted by Gasteiger charge is -2.11. The Morgan fingerprint density at radius 1 is 1.38 bits per heavy atom. The Morgan fingerprint density at radius 3 is 2.31 bits per heavy atom. The molecule has 0 aliphatic heterocycles. The maximum atomic E-state index is 10.3. The monoisotopic (exact) mass is 186 g/mol. The quantitative estimate of drug-likeness (QED) is 0.512. The van der Waals surface area contributed by atoms with Crippen LogP contribution in [0.3, 0.4) is 0 Å². The highest BCUT2D eigenvalue weighted by Gasteiger charge is 2.09. The maximum absolute atomic E-state index is 10.3. The first kappa shape index (κ1) is 12.0. The van der Waals surface area contributed by atoms with E-state index < -0.39 is 11.7 Å². The first-order chi connectivity index (χ1) is 5.97. The zero-order valence-corrected chi connectivity index (χ0v) is 8.45. The van der Waals surface area contributed by atoms with Crippen LogP contribution < -0.4 is 0 Å². The number of aliphatic hydroxyl groups excluding tert-OH is 1. The van der Waals surface area contributed by atoms with E-state index in [9.17, 15) is 4.79 Å². The minimum atomic E-state index is -1.25. The van der Waals surface area contributed by atoms with Crippen LogP contribution in [-0.2, 0) is 4.79 Å². The summed E-state index contributed by atoms with van der Waals surface area (Å²) in [5, 5.41) is 17.3. The van der Waals surface area contributed by atoms with E-state index in [1.807, 2.05) is 6.92 Å². The third-order valence-corrected chi connectivity index (χ3v) is 2.13. The molecule has 13 heavy (non-hydrogen) atoms. The summed E-state index contributed by atoms with van der Waals surface area (Å²) in [7, 11) is 0. The molecule has 0 aliphatic carbocycles. The van der Waals surface area contributed by atoms with Crippen LogP contribution in [0.5, 0.6) is 0 Å². The molecule has 0 aliphatic rings. The van der Waals surface area contributed by atoms with Crippen molar-refractivity contribution in [3.63, 3.8) is 0 Å². The lowest BCUT2D eigenvalue weighted by Crippen LogP contribution is -2.05. The van der Waals surface area contributed by atoms with E-state index in [1.54, 1.807) is 0 Å². The largest absolute Gasteiger partial charge is 0.502 e.